The zero-order valence-corrected chi connectivity index (χ0v) is 14.0. The summed E-state index contributed by atoms with van der Waals surface area (Å²) in [6.45, 7) is 4.60. The molecule has 1 aromatic heterocycles. The van der Waals surface area contributed by atoms with Gasteiger partial charge in [0.05, 0.1) is 11.5 Å². The molecule has 116 valence electrons. The molecule has 0 amide bonds. The van der Waals surface area contributed by atoms with E-state index in [0.29, 0.717) is 23.4 Å². The first kappa shape index (κ1) is 16.4. The molecule has 0 aliphatic heterocycles. The normalized spacial score (nSPS) is 12.4. The lowest BCUT2D eigenvalue weighted by molar-refractivity contribution is 0.282. The number of sulfonamides is 1. The van der Waals surface area contributed by atoms with E-state index in [4.69, 9.17) is 0 Å². The second-order valence-corrected chi connectivity index (χ2v) is 7.87. The molecule has 2 aromatic rings. The third kappa shape index (κ3) is 3.13. The number of hydrogen-bond donors (Lipinski definition) is 1. The summed E-state index contributed by atoms with van der Waals surface area (Å²) in [5, 5.41) is 10.3. The lowest BCUT2D eigenvalue weighted by Crippen LogP contribution is -2.32. The summed E-state index contributed by atoms with van der Waals surface area (Å²) in [6.07, 6.45) is 1.78. The van der Waals surface area contributed by atoms with E-state index in [0.717, 1.165) is 17.5 Å². The SMILES string of the molecule is CCCCN(CC)S(=O)(=O)c1c(CO)sc2ccccc12. The highest BCUT2D eigenvalue weighted by Gasteiger charge is 2.29. The molecule has 0 bridgehead atoms. The largest absolute Gasteiger partial charge is 0.391 e. The van der Waals surface area contributed by atoms with Crippen LogP contribution in [-0.2, 0) is 16.6 Å². The molecule has 4 nitrogen and oxygen atoms in total. The van der Waals surface area contributed by atoms with Crippen molar-refractivity contribution in [1.82, 2.24) is 4.31 Å². The minimum Gasteiger partial charge on any atom is -0.391 e. The van der Waals surface area contributed by atoms with Crippen LogP contribution in [0.5, 0.6) is 0 Å². The predicted molar refractivity (Wildman–Crippen MR) is 87.1 cm³/mol. The van der Waals surface area contributed by atoms with Gasteiger partial charge in [0, 0.05) is 23.2 Å². The van der Waals surface area contributed by atoms with E-state index in [1.807, 2.05) is 38.1 Å². The van der Waals surface area contributed by atoms with Crippen molar-refractivity contribution < 1.29 is 13.5 Å². The van der Waals surface area contributed by atoms with Gasteiger partial charge in [0.25, 0.3) is 0 Å². The Morgan fingerprint density at radius 2 is 1.95 bits per heavy atom. The molecule has 0 radical (unpaired) electrons. The van der Waals surface area contributed by atoms with Crippen LogP contribution in [-0.4, -0.2) is 30.9 Å². The van der Waals surface area contributed by atoms with Crippen LogP contribution >= 0.6 is 11.3 Å². The lowest BCUT2D eigenvalue weighted by Gasteiger charge is -2.20. The van der Waals surface area contributed by atoms with E-state index >= 15 is 0 Å². The first-order valence-corrected chi connectivity index (χ1v) is 9.43. The average Bonchev–Trinajstić information content (AvgIpc) is 2.87. The number of hydrogen-bond acceptors (Lipinski definition) is 4. The quantitative estimate of drug-likeness (QED) is 0.849. The molecule has 0 saturated heterocycles. The van der Waals surface area contributed by atoms with Gasteiger partial charge in [0.1, 0.15) is 4.90 Å². The Morgan fingerprint density at radius 1 is 1.24 bits per heavy atom. The van der Waals surface area contributed by atoms with Gasteiger partial charge in [-0.25, -0.2) is 8.42 Å². The van der Waals surface area contributed by atoms with Crippen LogP contribution in [0.25, 0.3) is 10.1 Å². The van der Waals surface area contributed by atoms with Gasteiger partial charge in [-0.15, -0.1) is 11.3 Å². The number of benzene rings is 1. The summed E-state index contributed by atoms with van der Waals surface area (Å²) in [5.74, 6) is 0. The van der Waals surface area contributed by atoms with Gasteiger partial charge >= 0.3 is 0 Å². The van der Waals surface area contributed by atoms with Crippen LogP contribution < -0.4 is 0 Å². The summed E-state index contributed by atoms with van der Waals surface area (Å²) >= 11 is 1.35. The summed E-state index contributed by atoms with van der Waals surface area (Å²) in [4.78, 5) is 0.801. The van der Waals surface area contributed by atoms with Crippen molar-refractivity contribution in [1.29, 1.82) is 0 Å². The molecule has 1 N–H and O–H groups in total. The highest BCUT2D eigenvalue weighted by Crippen LogP contribution is 2.36. The zero-order chi connectivity index (χ0) is 15.5. The predicted octanol–water partition coefficient (Wildman–Crippen LogP) is 3.20. The molecule has 21 heavy (non-hydrogen) atoms. The number of thiophene rings is 1. The first-order valence-electron chi connectivity index (χ1n) is 7.17. The Bertz CT molecular complexity index is 707. The highest BCUT2D eigenvalue weighted by molar-refractivity contribution is 7.89. The Labute approximate surface area is 130 Å². The Morgan fingerprint density at radius 3 is 2.57 bits per heavy atom. The third-order valence-corrected chi connectivity index (χ3v) is 6.86. The molecule has 0 atom stereocenters. The molecule has 0 saturated carbocycles. The van der Waals surface area contributed by atoms with Crippen molar-refractivity contribution in [3.8, 4) is 0 Å². The Balaban J connectivity index is 2.57. The van der Waals surface area contributed by atoms with Crippen molar-refractivity contribution >= 4 is 31.4 Å². The number of fused-ring (bicyclic) bond motifs is 1. The van der Waals surface area contributed by atoms with E-state index in [9.17, 15) is 13.5 Å². The van der Waals surface area contributed by atoms with Gasteiger partial charge in [-0.1, -0.05) is 38.5 Å². The standard InChI is InChI=1S/C15H21NO3S2/c1-3-5-10-16(4-2)21(18,19)15-12-8-6-7-9-13(12)20-14(15)11-17/h6-9,17H,3-5,10-11H2,1-2H3. The highest BCUT2D eigenvalue weighted by atomic mass is 32.2. The second-order valence-electron chi connectivity index (χ2n) is 4.86. The fraction of sp³-hybridized carbons (Fsp3) is 0.467. The van der Waals surface area contributed by atoms with Gasteiger partial charge in [-0.3, -0.25) is 0 Å². The smallest absolute Gasteiger partial charge is 0.244 e. The van der Waals surface area contributed by atoms with Crippen LogP contribution in [0.15, 0.2) is 29.2 Å². The molecule has 0 unspecified atom stereocenters. The molecule has 6 heteroatoms. The molecule has 2 rings (SSSR count). The Kier molecular flexibility index (Phi) is 5.37. The molecule has 1 heterocycles. The molecule has 0 fully saturated rings. The van der Waals surface area contributed by atoms with Gasteiger partial charge in [-0.05, 0) is 12.5 Å². The fourth-order valence-corrected chi connectivity index (χ4v) is 5.61. The molecule has 0 spiro atoms. The van der Waals surface area contributed by atoms with E-state index < -0.39 is 10.0 Å². The topological polar surface area (TPSA) is 57.6 Å². The van der Waals surface area contributed by atoms with Crippen molar-refractivity contribution in [2.45, 2.75) is 38.2 Å². The van der Waals surface area contributed by atoms with E-state index in [1.165, 1.54) is 15.6 Å². The van der Waals surface area contributed by atoms with Crippen molar-refractivity contribution in [3.63, 3.8) is 0 Å². The summed E-state index contributed by atoms with van der Waals surface area (Å²) < 4.78 is 28.3. The van der Waals surface area contributed by atoms with E-state index in [-0.39, 0.29) is 11.5 Å². The Hall–Kier alpha value is -0.950. The van der Waals surface area contributed by atoms with Gasteiger partial charge in [0.15, 0.2) is 0 Å². The molecule has 1 aromatic carbocycles. The minimum absolute atomic E-state index is 0.251. The van der Waals surface area contributed by atoms with Crippen LogP contribution in [0.3, 0.4) is 0 Å². The van der Waals surface area contributed by atoms with Crippen molar-refractivity contribution in [2.24, 2.45) is 0 Å². The third-order valence-electron chi connectivity index (χ3n) is 3.47. The molecule has 0 aliphatic rings. The van der Waals surface area contributed by atoms with Crippen molar-refractivity contribution in [2.75, 3.05) is 13.1 Å². The van der Waals surface area contributed by atoms with Crippen molar-refractivity contribution in [3.05, 3.63) is 29.1 Å². The summed E-state index contributed by atoms with van der Waals surface area (Å²) in [5.41, 5.74) is 0. The van der Waals surface area contributed by atoms with Crippen LogP contribution in [0, 0.1) is 0 Å². The maximum absolute atomic E-state index is 12.9. The number of rotatable bonds is 7. The average molecular weight is 327 g/mol. The zero-order valence-electron chi connectivity index (χ0n) is 12.4. The number of nitrogens with zero attached hydrogens (tertiary/aromatic N) is 1. The first-order chi connectivity index (χ1) is 10.1. The maximum atomic E-state index is 12.9. The van der Waals surface area contributed by atoms with Crippen LogP contribution in [0.4, 0.5) is 0 Å². The van der Waals surface area contributed by atoms with Crippen LogP contribution in [0.1, 0.15) is 31.6 Å². The second kappa shape index (κ2) is 6.87. The van der Waals surface area contributed by atoms with Gasteiger partial charge in [-0.2, -0.15) is 4.31 Å². The number of unbranched alkanes of at least 4 members (excludes halogenated alkanes) is 1. The molecular weight excluding hydrogens is 306 g/mol. The number of aliphatic hydroxyl groups excluding tert-OH is 1. The molecule has 0 aliphatic carbocycles. The lowest BCUT2D eigenvalue weighted by atomic mass is 10.2. The summed E-state index contributed by atoms with van der Waals surface area (Å²) in [6, 6.07) is 7.41. The van der Waals surface area contributed by atoms with Gasteiger partial charge < -0.3 is 5.11 Å². The van der Waals surface area contributed by atoms with E-state index in [2.05, 4.69) is 0 Å². The van der Waals surface area contributed by atoms with E-state index in [1.54, 1.807) is 0 Å². The fourth-order valence-electron chi connectivity index (χ4n) is 2.37. The van der Waals surface area contributed by atoms with Crippen LogP contribution in [0.2, 0.25) is 0 Å². The minimum atomic E-state index is -3.57. The maximum Gasteiger partial charge on any atom is 0.244 e. The summed E-state index contributed by atoms with van der Waals surface area (Å²) in [7, 11) is -3.57. The van der Waals surface area contributed by atoms with Gasteiger partial charge in [0.2, 0.25) is 10.0 Å². The number of aliphatic hydroxyl groups is 1. The molecular formula is C15H21NO3S2. The monoisotopic (exact) mass is 327 g/mol.